The first-order chi connectivity index (χ1) is 17.3. The molecule has 3 aromatic rings. The van der Waals surface area contributed by atoms with E-state index in [0.717, 1.165) is 24.6 Å². The molecule has 1 saturated carbocycles. The second kappa shape index (κ2) is 11.7. The fourth-order valence-corrected chi connectivity index (χ4v) is 4.88. The maximum atomic E-state index is 13.1. The lowest BCUT2D eigenvalue weighted by atomic mass is 9.76. The van der Waals surface area contributed by atoms with Crippen molar-refractivity contribution in [3.05, 3.63) is 84.6 Å². The van der Waals surface area contributed by atoms with Crippen molar-refractivity contribution in [1.29, 1.82) is 0 Å². The molecule has 0 radical (unpaired) electrons. The molecule has 0 bridgehead atoms. The third kappa shape index (κ3) is 7.38. The van der Waals surface area contributed by atoms with E-state index in [0.29, 0.717) is 18.1 Å². The molecule has 4 N–H and O–H groups in total. The summed E-state index contributed by atoms with van der Waals surface area (Å²) >= 11 is 0. The lowest BCUT2D eigenvalue weighted by Gasteiger charge is -2.23. The molecule has 1 heterocycles. The van der Waals surface area contributed by atoms with Crippen molar-refractivity contribution < 1.29 is 28.0 Å². The molecule has 1 aliphatic rings. The molecule has 0 spiro atoms. The fraction of sp³-hybridized carbons (Fsp3) is 0.280. The Kier molecular flexibility index (Phi) is 8.37. The molecule has 0 aliphatic heterocycles. The average molecular weight is 509 g/mol. The fourth-order valence-electron chi connectivity index (χ4n) is 3.74. The number of rotatable bonds is 12. The van der Waals surface area contributed by atoms with E-state index in [-0.39, 0.29) is 17.2 Å². The van der Waals surface area contributed by atoms with Crippen LogP contribution in [0.1, 0.15) is 24.8 Å². The van der Waals surface area contributed by atoms with Gasteiger partial charge in [0.1, 0.15) is 16.7 Å². The molecule has 4 rings (SSSR count). The highest BCUT2D eigenvalue weighted by Gasteiger charge is 2.35. The summed E-state index contributed by atoms with van der Waals surface area (Å²) in [4.78, 5) is 17.1. The van der Waals surface area contributed by atoms with E-state index < -0.39 is 35.0 Å². The van der Waals surface area contributed by atoms with Gasteiger partial charge in [0.15, 0.2) is 0 Å². The van der Waals surface area contributed by atoms with Gasteiger partial charge in [0.2, 0.25) is 21.8 Å². The summed E-state index contributed by atoms with van der Waals surface area (Å²) in [5, 5.41) is 22.1. The van der Waals surface area contributed by atoms with E-state index in [1.807, 2.05) is 12.1 Å². The standard InChI is InChI=1S/C25H28BN3O6S/c30-25(28-23(26(31)32)16-19-11-12-19)22(15-18-7-3-1-4-8-18)29-36(33,34)21-13-14-24(27-17-21)35-20-9-5-2-6-10-20/h1-10,13-14,17,19,22-23,29,31-32H,11-12,15-16H2,(H,28,30). The van der Waals surface area contributed by atoms with Gasteiger partial charge in [0.05, 0.1) is 12.1 Å². The van der Waals surface area contributed by atoms with Crippen molar-refractivity contribution in [3.8, 4) is 11.6 Å². The monoisotopic (exact) mass is 509 g/mol. The summed E-state index contributed by atoms with van der Waals surface area (Å²) in [6.45, 7) is 0. The van der Waals surface area contributed by atoms with Crippen LogP contribution in [0.5, 0.6) is 11.6 Å². The Morgan fingerprint density at radius 1 is 1.03 bits per heavy atom. The number of ether oxygens (including phenoxy) is 1. The predicted octanol–water partition coefficient (Wildman–Crippen LogP) is 2.06. The van der Waals surface area contributed by atoms with Crippen LogP contribution < -0.4 is 14.8 Å². The number of para-hydroxylation sites is 1. The summed E-state index contributed by atoms with van der Waals surface area (Å²) in [5.41, 5.74) is 0.744. The molecular weight excluding hydrogens is 481 g/mol. The number of nitrogens with zero attached hydrogens (tertiary/aromatic N) is 1. The number of amides is 1. The molecule has 1 amide bonds. The Morgan fingerprint density at radius 2 is 1.69 bits per heavy atom. The number of nitrogens with one attached hydrogen (secondary N) is 2. The minimum Gasteiger partial charge on any atom is -0.439 e. The Bertz CT molecular complexity index is 1240. The first-order valence-corrected chi connectivity index (χ1v) is 13.2. The minimum atomic E-state index is -4.13. The van der Waals surface area contributed by atoms with Crippen molar-refractivity contribution in [1.82, 2.24) is 15.0 Å². The second-order valence-corrected chi connectivity index (χ2v) is 10.5. The predicted molar refractivity (Wildman–Crippen MR) is 134 cm³/mol. The smallest absolute Gasteiger partial charge is 0.439 e. The number of aromatic nitrogens is 1. The number of carbonyl (C=O) groups is 1. The Hall–Kier alpha value is -3.25. The zero-order valence-electron chi connectivity index (χ0n) is 19.5. The van der Waals surface area contributed by atoms with Gasteiger partial charge in [0.25, 0.3) is 0 Å². The Labute approximate surface area is 210 Å². The Morgan fingerprint density at radius 3 is 2.28 bits per heavy atom. The molecule has 0 saturated heterocycles. The summed E-state index contributed by atoms with van der Waals surface area (Å²) in [6, 6.07) is 19.5. The lowest BCUT2D eigenvalue weighted by molar-refractivity contribution is -0.123. The van der Waals surface area contributed by atoms with E-state index in [9.17, 15) is 23.3 Å². The highest BCUT2D eigenvalue weighted by Crippen LogP contribution is 2.33. The van der Waals surface area contributed by atoms with Crippen molar-refractivity contribution in [2.24, 2.45) is 5.92 Å². The lowest BCUT2D eigenvalue weighted by Crippen LogP contribution is -2.54. The number of sulfonamides is 1. The van der Waals surface area contributed by atoms with Crippen LogP contribution in [0.15, 0.2) is 83.9 Å². The van der Waals surface area contributed by atoms with Crippen LogP contribution in [-0.2, 0) is 21.2 Å². The van der Waals surface area contributed by atoms with E-state index in [1.54, 1.807) is 48.5 Å². The zero-order valence-corrected chi connectivity index (χ0v) is 20.3. The van der Waals surface area contributed by atoms with Crippen LogP contribution in [0.3, 0.4) is 0 Å². The second-order valence-electron chi connectivity index (χ2n) is 8.82. The van der Waals surface area contributed by atoms with Gasteiger partial charge in [0, 0.05) is 6.07 Å². The van der Waals surface area contributed by atoms with Gasteiger partial charge >= 0.3 is 7.12 Å². The summed E-state index contributed by atoms with van der Waals surface area (Å²) < 4.78 is 34.4. The van der Waals surface area contributed by atoms with Gasteiger partial charge in [-0.25, -0.2) is 13.4 Å². The van der Waals surface area contributed by atoms with E-state index in [4.69, 9.17) is 4.74 Å². The maximum Gasteiger partial charge on any atom is 0.475 e. The van der Waals surface area contributed by atoms with Gasteiger partial charge in [-0.2, -0.15) is 4.72 Å². The number of hydrogen-bond donors (Lipinski definition) is 4. The number of carbonyl (C=O) groups excluding carboxylic acids is 1. The molecule has 1 aromatic heterocycles. The van der Waals surface area contributed by atoms with Gasteiger partial charge < -0.3 is 20.1 Å². The normalized spacial score (nSPS) is 15.1. The van der Waals surface area contributed by atoms with E-state index >= 15 is 0 Å². The molecule has 36 heavy (non-hydrogen) atoms. The van der Waals surface area contributed by atoms with Gasteiger partial charge in [-0.05, 0) is 42.5 Å². The number of hydrogen-bond acceptors (Lipinski definition) is 7. The molecule has 2 atom stereocenters. The third-order valence-corrected chi connectivity index (χ3v) is 7.31. The van der Waals surface area contributed by atoms with Crippen molar-refractivity contribution in [2.45, 2.75) is 42.6 Å². The average Bonchev–Trinajstić information content (AvgIpc) is 3.69. The highest BCUT2D eigenvalue weighted by atomic mass is 32.2. The molecule has 2 unspecified atom stereocenters. The van der Waals surface area contributed by atoms with Gasteiger partial charge in [-0.1, -0.05) is 61.4 Å². The van der Waals surface area contributed by atoms with Crippen molar-refractivity contribution in [3.63, 3.8) is 0 Å². The highest BCUT2D eigenvalue weighted by molar-refractivity contribution is 7.89. The summed E-state index contributed by atoms with van der Waals surface area (Å²) in [5.74, 6) is -0.421. The quantitative estimate of drug-likeness (QED) is 0.274. The van der Waals surface area contributed by atoms with Crippen molar-refractivity contribution >= 4 is 23.0 Å². The number of pyridine rings is 1. The van der Waals surface area contributed by atoms with Gasteiger partial charge in [-0.3, -0.25) is 4.79 Å². The van der Waals surface area contributed by atoms with Crippen LogP contribution in [0.25, 0.3) is 0 Å². The summed E-state index contributed by atoms with van der Waals surface area (Å²) in [7, 11) is -5.88. The first kappa shape index (κ1) is 25.8. The van der Waals surface area contributed by atoms with Gasteiger partial charge in [-0.15, -0.1) is 0 Å². The van der Waals surface area contributed by atoms with E-state index in [1.165, 1.54) is 12.1 Å². The largest absolute Gasteiger partial charge is 0.475 e. The first-order valence-electron chi connectivity index (χ1n) is 11.7. The minimum absolute atomic E-state index is 0.0756. The Balaban J connectivity index is 1.50. The van der Waals surface area contributed by atoms with Crippen LogP contribution in [0, 0.1) is 5.92 Å². The third-order valence-electron chi connectivity index (χ3n) is 5.85. The molecule has 9 nitrogen and oxygen atoms in total. The zero-order chi connectivity index (χ0) is 25.5. The van der Waals surface area contributed by atoms with E-state index in [2.05, 4.69) is 15.0 Å². The van der Waals surface area contributed by atoms with Crippen LogP contribution in [-0.4, -0.2) is 48.5 Å². The SMILES string of the molecule is O=C(NC(CC1CC1)B(O)O)C(Cc1ccccc1)NS(=O)(=O)c1ccc(Oc2ccccc2)nc1. The summed E-state index contributed by atoms with van der Waals surface area (Å²) in [6.07, 6.45) is 3.59. The van der Waals surface area contributed by atoms with Crippen LogP contribution in [0.2, 0.25) is 0 Å². The topological polar surface area (TPSA) is 138 Å². The maximum absolute atomic E-state index is 13.1. The molecule has 1 aliphatic carbocycles. The molecule has 2 aromatic carbocycles. The molecule has 11 heteroatoms. The molecule has 188 valence electrons. The van der Waals surface area contributed by atoms with Crippen LogP contribution >= 0.6 is 0 Å². The van der Waals surface area contributed by atoms with Crippen molar-refractivity contribution in [2.75, 3.05) is 0 Å². The number of benzene rings is 2. The molecular formula is C25H28BN3O6S. The molecule has 1 fully saturated rings. The van der Waals surface area contributed by atoms with Crippen LogP contribution in [0.4, 0.5) is 0 Å².